The van der Waals surface area contributed by atoms with Gasteiger partial charge in [0.05, 0.1) is 30.5 Å². The number of furan rings is 1. The first-order valence-corrected chi connectivity index (χ1v) is 6.53. The number of likely N-dealkylation sites (N-methyl/N-ethyl adjacent to an activating group) is 1. The highest BCUT2D eigenvalue weighted by atomic mass is 16.3. The fourth-order valence-corrected chi connectivity index (χ4v) is 2.12. The number of aromatic nitrogens is 3. The molecule has 5 heteroatoms. The Bertz CT molecular complexity index is 646. The van der Waals surface area contributed by atoms with Gasteiger partial charge in [0.15, 0.2) is 0 Å². The van der Waals surface area contributed by atoms with E-state index in [0.29, 0.717) is 0 Å². The molecular weight excluding hydrogens is 252 g/mol. The molecule has 0 saturated carbocycles. The van der Waals surface area contributed by atoms with Crippen LogP contribution in [0.5, 0.6) is 0 Å². The van der Waals surface area contributed by atoms with Crippen molar-refractivity contribution in [3.05, 3.63) is 66.4 Å². The van der Waals surface area contributed by atoms with E-state index in [9.17, 15) is 0 Å². The standard InChI is InChI=1S/C15H16N4O/c1-16-14(9-12-7-8-20-11-12)15-10-17-19(18-15)13-5-3-2-4-6-13/h2-8,10-11,14,16H,9H2,1H3. The largest absolute Gasteiger partial charge is 0.472 e. The maximum atomic E-state index is 5.10. The van der Waals surface area contributed by atoms with E-state index in [-0.39, 0.29) is 6.04 Å². The van der Waals surface area contributed by atoms with Gasteiger partial charge in [0, 0.05) is 0 Å². The van der Waals surface area contributed by atoms with Crippen LogP contribution in [0.1, 0.15) is 17.3 Å². The molecule has 102 valence electrons. The molecule has 2 heterocycles. The Kier molecular flexibility index (Phi) is 3.60. The molecule has 3 aromatic rings. The van der Waals surface area contributed by atoms with Crippen molar-refractivity contribution in [3.63, 3.8) is 0 Å². The number of para-hydroxylation sites is 1. The lowest BCUT2D eigenvalue weighted by molar-refractivity contribution is 0.544. The highest BCUT2D eigenvalue weighted by Crippen LogP contribution is 2.16. The van der Waals surface area contributed by atoms with Gasteiger partial charge in [-0.2, -0.15) is 15.0 Å². The van der Waals surface area contributed by atoms with Crippen molar-refractivity contribution in [2.75, 3.05) is 7.05 Å². The molecule has 5 nitrogen and oxygen atoms in total. The molecule has 0 aliphatic heterocycles. The van der Waals surface area contributed by atoms with Crippen LogP contribution in [-0.2, 0) is 6.42 Å². The van der Waals surface area contributed by atoms with Crippen molar-refractivity contribution in [3.8, 4) is 5.69 Å². The Morgan fingerprint density at radius 3 is 2.80 bits per heavy atom. The number of nitrogens with zero attached hydrogens (tertiary/aromatic N) is 3. The van der Waals surface area contributed by atoms with E-state index in [1.54, 1.807) is 23.5 Å². The third-order valence-electron chi connectivity index (χ3n) is 3.22. The van der Waals surface area contributed by atoms with Crippen molar-refractivity contribution >= 4 is 0 Å². The molecule has 1 unspecified atom stereocenters. The van der Waals surface area contributed by atoms with Crippen LogP contribution in [0.2, 0.25) is 0 Å². The third kappa shape index (κ3) is 2.62. The summed E-state index contributed by atoms with van der Waals surface area (Å²) < 4.78 is 5.10. The Hall–Kier alpha value is -2.40. The first kappa shape index (κ1) is 12.6. The average Bonchev–Trinajstić information content (AvgIpc) is 3.17. The molecule has 0 spiro atoms. The lowest BCUT2D eigenvalue weighted by atomic mass is 10.1. The minimum Gasteiger partial charge on any atom is -0.472 e. The van der Waals surface area contributed by atoms with Gasteiger partial charge in [-0.25, -0.2) is 0 Å². The number of rotatable bonds is 5. The number of hydrogen-bond acceptors (Lipinski definition) is 4. The molecule has 0 bridgehead atoms. The van der Waals surface area contributed by atoms with Crippen LogP contribution in [0.3, 0.4) is 0 Å². The highest BCUT2D eigenvalue weighted by molar-refractivity contribution is 5.28. The van der Waals surface area contributed by atoms with Gasteiger partial charge in [-0.15, -0.1) is 0 Å². The van der Waals surface area contributed by atoms with Gasteiger partial charge in [-0.05, 0) is 37.2 Å². The van der Waals surface area contributed by atoms with Gasteiger partial charge in [-0.1, -0.05) is 18.2 Å². The Morgan fingerprint density at radius 2 is 2.10 bits per heavy atom. The predicted molar refractivity (Wildman–Crippen MR) is 75.6 cm³/mol. The molecule has 0 amide bonds. The summed E-state index contributed by atoms with van der Waals surface area (Å²) in [5.74, 6) is 0. The van der Waals surface area contributed by atoms with E-state index in [0.717, 1.165) is 23.4 Å². The maximum Gasteiger partial charge on any atom is 0.100 e. The first-order chi connectivity index (χ1) is 9.86. The number of nitrogens with one attached hydrogen (secondary N) is 1. The van der Waals surface area contributed by atoms with Crippen LogP contribution in [0.4, 0.5) is 0 Å². The first-order valence-electron chi connectivity index (χ1n) is 6.53. The number of hydrogen-bond donors (Lipinski definition) is 1. The minimum atomic E-state index is 0.116. The summed E-state index contributed by atoms with van der Waals surface area (Å²) in [7, 11) is 1.92. The van der Waals surface area contributed by atoms with E-state index >= 15 is 0 Å². The van der Waals surface area contributed by atoms with E-state index in [2.05, 4.69) is 15.5 Å². The van der Waals surface area contributed by atoms with Crippen LogP contribution >= 0.6 is 0 Å². The second kappa shape index (κ2) is 5.71. The van der Waals surface area contributed by atoms with Crippen molar-refractivity contribution in [1.82, 2.24) is 20.3 Å². The molecule has 0 aliphatic rings. The summed E-state index contributed by atoms with van der Waals surface area (Å²) >= 11 is 0. The molecular formula is C15H16N4O. The molecule has 0 saturated heterocycles. The fraction of sp³-hybridized carbons (Fsp3) is 0.200. The lowest BCUT2D eigenvalue weighted by Crippen LogP contribution is -2.19. The molecule has 1 N–H and O–H groups in total. The van der Waals surface area contributed by atoms with Crippen LogP contribution in [0.25, 0.3) is 5.69 Å². The van der Waals surface area contributed by atoms with Crippen molar-refractivity contribution < 1.29 is 4.42 Å². The molecule has 20 heavy (non-hydrogen) atoms. The molecule has 0 radical (unpaired) electrons. The maximum absolute atomic E-state index is 5.10. The van der Waals surface area contributed by atoms with Gasteiger partial charge in [-0.3, -0.25) is 0 Å². The van der Waals surface area contributed by atoms with E-state index in [1.807, 2.05) is 43.4 Å². The Balaban J connectivity index is 1.81. The zero-order valence-electron chi connectivity index (χ0n) is 11.2. The smallest absolute Gasteiger partial charge is 0.100 e. The van der Waals surface area contributed by atoms with Gasteiger partial charge in [0.2, 0.25) is 0 Å². The highest BCUT2D eigenvalue weighted by Gasteiger charge is 2.15. The number of benzene rings is 1. The van der Waals surface area contributed by atoms with Crippen molar-refractivity contribution in [2.24, 2.45) is 0 Å². The Morgan fingerprint density at radius 1 is 1.25 bits per heavy atom. The summed E-state index contributed by atoms with van der Waals surface area (Å²) in [6, 6.07) is 12.0. The SMILES string of the molecule is CNC(Cc1ccoc1)c1cnn(-c2ccccc2)n1. The predicted octanol–water partition coefficient (Wildman–Crippen LogP) is 2.36. The molecule has 0 aliphatic carbocycles. The topological polar surface area (TPSA) is 55.9 Å². The lowest BCUT2D eigenvalue weighted by Gasteiger charge is -2.11. The summed E-state index contributed by atoms with van der Waals surface area (Å²) in [6.45, 7) is 0. The van der Waals surface area contributed by atoms with E-state index in [1.165, 1.54) is 0 Å². The normalized spacial score (nSPS) is 12.4. The summed E-state index contributed by atoms with van der Waals surface area (Å²) in [5, 5.41) is 12.1. The van der Waals surface area contributed by atoms with Gasteiger partial charge >= 0.3 is 0 Å². The fourth-order valence-electron chi connectivity index (χ4n) is 2.12. The molecule has 3 rings (SSSR count). The van der Waals surface area contributed by atoms with Gasteiger partial charge in [0.25, 0.3) is 0 Å². The zero-order chi connectivity index (χ0) is 13.8. The van der Waals surface area contributed by atoms with Gasteiger partial charge < -0.3 is 9.73 Å². The van der Waals surface area contributed by atoms with Crippen LogP contribution in [0, 0.1) is 0 Å². The molecule has 1 atom stereocenters. The monoisotopic (exact) mass is 268 g/mol. The van der Waals surface area contributed by atoms with E-state index in [4.69, 9.17) is 4.42 Å². The average molecular weight is 268 g/mol. The minimum absolute atomic E-state index is 0.116. The summed E-state index contributed by atoms with van der Waals surface area (Å²) in [6.07, 6.45) is 6.06. The Labute approximate surface area is 117 Å². The summed E-state index contributed by atoms with van der Waals surface area (Å²) in [4.78, 5) is 1.65. The van der Waals surface area contributed by atoms with Crippen LogP contribution in [-0.4, -0.2) is 22.0 Å². The second-order valence-electron chi connectivity index (χ2n) is 4.57. The molecule has 2 aromatic heterocycles. The van der Waals surface area contributed by atoms with Crippen molar-refractivity contribution in [1.29, 1.82) is 0 Å². The van der Waals surface area contributed by atoms with E-state index < -0.39 is 0 Å². The quantitative estimate of drug-likeness (QED) is 0.771. The molecule has 1 aromatic carbocycles. The summed E-state index contributed by atoms with van der Waals surface area (Å²) in [5.41, 5.74) is 3.01. The zero-order valence-corrected chi connectivity index (χ0v) is 11.2. The second-order valence-corrected chi connectivity index (χ2v) is 4.57. The third-order valence-corrected chi connectivity index (χ3v) is 3.22. The molecule has 0 fully saturated rings. The van der Waals surface area contributed by atoms with Crippen LogP contribution < -0.4 is 5.32 Å². The van der Waals surface area contributed by atoms with Crippen LogP contribution in [0.15, 0.2) is 59.5 Å². The van der Waals surface area contributed by atoms with Crippen molar-refractivity contribution in [2.45, 2.75) is 12.5 Å². The van der Waals surface area contributed by atoms with Gasteiger partial charge in [0.1, 0.15) is 5.69 Å².